The topological polar surface area (TPSA) is 49.3 Å². The van der Waals surface area contributed by atoms with Gasteiger partial charge in [-0.1, -0.05) is 0 Å². The third-order valence-electron chi connectivity index (χ3n) is 1.52. The van der Waals surface area contributed by atoms with Gasteiger partial charge in [0.15, 0.2) is 0 Å². The van der Waals surface area contributed by atoms with Gasteiger partial charge in [0, 0.05) is 5.54 Å². The van der Waals surface area contributed by atoms with E-state index in [9.17, 15) is 4.79 Å². The first-order valence-electron chi connectivity index (χ1n) is 4.36. The van der Waals surface area contributed by atoms with Gasteiger partial charge in [-0.25, -0.2) is 0 Å². The SMILES string of the molecule is CSCCC(NC(C)(C)C)C(=O)O.Cl. The summed E-state index contributed by atoms with van der Waals surface area (Å²) in [5, 5.41) is 12.0. The molecule has 0 aliphatic carbocycles. The summed E-state index contributed by atoms with van der Waals surface area (Å²) in [6.45, 7) is 5.92. The minimum Gasteiger partial charge on any atom is -0.480 e. The molecule has 2 N–H and O–H groups in total. The maximum absolute atomic E-state index is 10.8. The van der Waals surface area contributed by atoms with Crippen LogP contribution in [-0.2, 0) is 4.79 Å². The van der Waals surface area contributed by atoms with Gasteiger partial charge in [-0.2, -0.15) is 11.8 Å². The molecule has 0 fully saturated rings. The van der Waals surface area contributed by atoms with E-state index in [4.69, 9.17) is 5.11 Å². The molecule has 0 aromatic carbocycles. The number of rotatable bonds is 5. The lowest BCUT2D eigenvalue weighted by atomic mass is 10.1. The molecule has 1 atom stereocenters. The molecule has 86 valence electrons. The van der Waals surface area contributed by atoms with Crippen molar-refractivity contribution in [1.82, 2.24) is 5.32 Å². The molecule has 0 aliphatic rings. The van der Waals surface area contributed by atoms with Gasteiger partial charge in [-0.05, 0) is 39.2 Å². The molecule has 0 amide bonds. The highest BCUT2D eigenvalue weighted by Gasteiger charge is 2.22. The number of halogens is 1. The van der Waals surface area contributed by atoms with E-state index in [1.54, 1.807) is 11.8 Å². The molecule has 0 aromatic rings. The summed E-state index contributed by atoms with van der Waals surface area (Å²) in [5.41, 5.74) is -0.137. The molecule has 0 aliphatic heterocycles. The molecule has 5 heteroatoms. The highest BCUT2D eigenvalue weighted by molar-refractivity contribution is 7.98. The van der Waals surface area contributed by atoms with Gasteiger partial charge in [0.25, 0.3) is 0 Å². The van der Waals surface area contributed by atoms with Crippen LogP contribution in [0.15, 0.2) is 0 Å². The van der Waals surface area contributed by atoms with Gasteiger partial charge in [0.05, 0.1) is 0 Å². The van der Waals surface area contributed by atoms with E-state index in [2.05, 4.69) is 5.32 Å². The second-order valence-corrected chi connectivity index (χ2v) is 5.05. The van der Waals surface area contributed by atoms with Crippen molar-refractivity contribution in [3.63, 3.8) is 0 Å². The van der Waals surface area contributed by atoms with E-state index in [1.807, 2.05) is 27.0 Å². The van der Waals surface area contributed by atoms with Crippen molar-refractivity contribution < 1.29 is 9.90 Å². The number of hydrogen-bond acceptors (Lipinski definition) is 3. The predicted molar refractivity (Wildman–Crippen MR) is 64.6 cm³/mol. The van der Waals surface area contributed by atoms with Crippen LogP contribution in [0.2, 0.25) is 0 Å². The second-order valence-electron chi connectivity index (χ2n) is 4.07. The standard InChI is InChI=1S/C9H19NO2S.ClH/c1-9(2,3)10-7(8(11)12)5-6-13-4;/h7,10H,5-6H2,1-4H3,(H,11,12);1H. The lowest BCUT2D eigenvalue weighted by molar-refractivity contribution is -0.140. The minimum absolute atomic E-state index is 0. The minimum atomic E-state index is -0.760. The number of nitrogens with one attached hydrogen (secondary N) is 1. The zero-order chi connectivity index (χ0) is 10.5. The summed E-state index contributed by atoms with van der Waals surface area (Å²) < 4.78 is 0. The Hall–Kier alpha value is 0.0700. The number of hydrogen-bond donors (Lipinski definition) is 2. The zero-order valence-corrected chi connectivity index (χ0v) is 10.8. The van der Waals surface area contributed by atoms with E-state index < -0.39 is 12.0 Å². The molecule has 0 radical (unpaired) electrons. The third-order valence-corrected chi connectivity index (χ3v) is 2.16. The van der Waals surface area contributed by atoms with Gasteiger partial charge in [0.1, 0.15) is 6.04 Å². The van der Waals surface area contributed by atoms with E-state index in [0.29, 0.717) is 6.42 Å². The smallest absolute Gasteiger partial charge is 0.320 e. The summed E-state index contributed by atoms with van der Waals surface area (Å²) in [7, 11) is 0. The number of thioether (sulfide) groups is 1. The van der Waals surface area contributed by atoms with Crippen LogP contribution in [0.25, 0.3) is 0 Å². The predicted octanol–water partition coefficient (Wildman–Crippen LogP) is 2.00. The molecule has 14 heavy (non-hydrogen) atoms. The van der Waals surface area contributed by atoms with Crippen LogP contribution in [-0.4, -0.2) is 34.7 Å². The van der Waals surface area contributed by atoms with Gasteiger partial charge in [-0.15, -0.1) is 12.4 Å². The molecule has 3 nitrogen and oxygen atoms in total. The fourth-order valence-electron chi connectivity index (χ4n) is 1.02. The van der Waals surface area contributed by atoms with Gasteiger partial charge >= 0.3 is 5.97 Å². The van der Waals surface area contributed by atoms with E-state index in [-0.39, 0.29) is 17.9 Å². The first-order chi connectivity index (χ1) is 5.87. The number of carboxylic acids is 1. The Balaban J connectivity index is 0. The van der Waals surface area contributed by atoms with Crippen LogP contribution in [0.4, 0.5) is 0 Å². The monoisotopic (exact) mass is 241 g/mol. The quantitative estimate of drug-likeness (QED) is 0.773. The fraction of sp³-hybridized carbons (Fsp3) is 0.889. The van der Waals surface area contributed by atoms with Gasteiger partial charge in [-0.3, -0.25) is 10.1 Å². The van der Waals surface area contributed by atoms with Crippen LogP contribution in [0.3, 0.4) is 0 Å². The Bertz CT molecular complexity index is 171. The Morgan fingerprint density at radius 3 is 2.29 bits per heavy atom. The largest absolute Gasteiger partial charge is 0.480 e. The molecule has 0 bridgehead atoms. The molecule has 0 aromatic heterocycles. The van der Waals surface area contributed by atoms with E-state index >= 15 is 0 Å². The molecule has 0 saturated carbocycles. The van der Waals surface area contributed by atoms with Crippen LogP contribution >= 0.6 is 24.2 Å². The Labute approximate surface area is 96.4 Å². The summed E-state index contributed by atoms with van der Waals surface area (Å²) in [4.78, 5) is 10.8. The van der Waals surface area contributed by atoms with Crippen molar-refractivity contribution in [1.29, 1.82) is 0 Å². The average molecular weight is 242 g/mol. The number of carboxylic acid groups (broad SMARTS) is 1. The van der Waals surface area contributed by atoms with Gasteiger partial charge in [0.2, 0.25) is 0 Å². The summed E-state index contributed by atoms with van der Waals surface area (Å²) in [6.07, 6.45) is 2.66. The van der Waals surface area contributed by atoms with E-state index in [0.717, 1.165) is 5.75 Å². The molecule has 0 spiro atoms. The van der Waals surface area contributed by atoms with Crippen molar-refractivity contribution in [3.8, 4) is 0 Å². The van der Waals surface area contributed by atoms with Crippen LogP contribution in [0.1, 0.15) is 27.2 Å². The second kappa shape index (κ2) is 7.37. The normalized spacial score (nSPS) is 13.1. The highest BCUT2D eigenvalue weighted by Crippen LogP contribution is 2.06. The maximum Gasteiger partial charge on any atom is 0.320 e. The zero-order valence-electron chi connectivity index (χ0n) is 9.16. The first kappa shape index (κ1) is 16.5. The number of aliphatic carboxylic acids is 1. The van der Waals surface area contributed by atoms with Crippen LogP contribution in [0.5, 0.6) is 0 Å². The van der Waals surface area contributed by atoms with Gasteiger partial charge < -0.3 is 5.11 Å². The fourth-order valence-corrected chi connectivity index (χ4v) is 1.49. The molecule has 1 unspecified atom stereocenters. The molecular weight excluding hydrogens is 222 g/mol. The molecular formula is C9H20ClNO2S. The highest BCUT2D eigenvalue weighted by atomic mass is 35.5. The van der Waals surface area contributed by atoms with Crippen molar-refractivity contribution in [2.45, 2.75) is 38.8 Å². The van der Waals surface area contributed by atoms with Crippen molar-refractivity contribution >= 4 is 30.1 Å². The van der Waals surface area contributed by atoms with Crippen molar-refractivity contribution in [2.24, 2.45) is 0 Å². The average Bonchev–Trinajstić information content (AvgIpc) is 1.95. The number of carbonyl (C=O) groups is 1. The maximum atomic E-state index is 10.8. The molecule has 0 rings (SSSR count). The molecule has 0 saturated heterocycles. The molecule has 0 heterocycles. The summed E-state index contributed by atoms with van der Waals surface area (Å²) >= 11 is 1.67. The lowest BCUT2D eigenvalue weighted by Gasteiger charge is -2.25. The lowest BCUT2D eigenvalue weighted by Crippen LogP contribution is -2.47. The summed E-state index contributed by atoms with van der Waals surface area (Å²) in [6, 6.07) is -0.424. The van der Waals surface area contributed by atoms with Crippen LogP contribution < -0.4 is 5.32 Å². The van der Waals surface area contributed by atoms with E-state index in [1.165, 1.54) is 0 Å². The third kappa shape index (κ3) is 8.66. The Kier molecular flexibility index (Phi) is 8.69. The summed E-state index contributed by atoms with van der Waals surface area (Å²) in [5.74, 6) is 0.115. The Morgan fingerprint density at radius 1 is 1.50 bits per heavy atom. The first-order valence-corrected chi connectivity index (χ1v) is 5.75. The van der Waals surface area contributed by atoms with Crippen molar-refractivity contribution in [3.05, 3.63) is 0 Å². The Morgan fingerprint density at radius 2 is 2.00 bits per heavy atom. The van der Waals surface area contributed by atoms with Crippen molar-refractivity contribution in [2.75, 3.05) is 12.0 Å². The van der Waals surface area contributed by atoms with Crippen LogP contribution in [0, 0.1) is 0 Å².